The summed E-state index contributed by atoms with van der Waals surface area (Å²) >= 11 is 3.30. The summed E-state index contributed by atoms with van der Waals surface area (Å²) in [5, 5.41) is 11.3. The van der Waals surface area contributed by atoms with E-state index in [0.717, 1.165) is 24.8 Å². The van der Waals surface area contributed by atoms with Crippen molar-refractivity contribution in [1.82, 2.24) is 0 Å². The minimum Gasteiger partial charge on any atom is -0.549 e. The minimum absolute atomic E-state index is 0.0157. The lowest BCUT2D eigenvalue weighted by Crippen LogP contribution is -2.42. The van der Waals surface area contributed by atoms with Gasteiger partial charge in [-0.15, -0.1) is 0 Å². The van der Waals surface area contributed by atoms with Gasteiger partial charge in [-0.25, -0.2) is 0 Å². The normalized spacial score (nSPS) is 41.9. The van der Waals surface area contributed by atoms with Gasteiger partial charge in [0, 0.05) is 5.41 Å². The number of rotatable bonds is 1. The number of halogens is 1. The van der Waals surface area contributed by atoms with Crippen LogP contribution in [0.5, 0.6) is 0 Å². The second-order valence-corrected chi connectivity index (χ2v) is 5.51. The maximum atomic E-state index is 11.3. The molecule has 0 aromatic heterocycles. The third-order valence-corrected chi connectivity index (χ3v) is 4.70. The van der Waals surface area contributed by atoms with Crippen molar-refractivity contribution in [3.63, 3.8) is 0 Å². The predicted octanol–water partition coefficient (Wildman–Crippen LogP) is 1.84. The van der Waals surface area contributed by atoms with Gasteiger partial charge in [-0.2, -0.15) is 0 Å². The van der Waals surface area contributed by atoms with Crippen LogP contribution < -0.4 is 5.11 Å². The second-order valence-electron chi connectivity index (χ2n) is 5.05. The number of carboxylic acids is 1. The molecular weight excluding hydrogens is 244 g/mol. The Morgan fingerprint density at radius 1 is 1.64 bits per heavy atom. The van der Waals surface area contributed by atoms with Gasteiger partial charge in [-0.3, -0.25) is 0 Å². The Labute approximate surface area is 92.5 Å². The third-order valence-electron chi connectivity index (χ3n) is 4.24. The highest BCUT2D eigenvalue weighted by atomic mass is 79.9. The van der Waals surface area contributed by atoms with Crippen LogP contribution >= 0.6 is 15.9 Å². The van der Waals surface area contributed by atoms with Crippen LogP contribution in [-0.4, -0.2) is 5.97 Å². The summed E-state index contributed by atoms with van der Waals surface area (Å²) in [7, 11) is 0. The van der Waals surface area contributed by atoms with Crippen molar-refractivity contribution >= 4 is 21.9 Å². The highest BCUT2D eigenvalue weighted by Crippen LogP contribution is 2.65. The second kappa shape index (κ2) is 2.84. The molecule has 0 amide bonds. The Hall–Kier alpha value is -0.310. The first-order chi connectivity index (χ1) is 6.45. The van der Waals surface area contributed by atoms with Gasteiger partial charge in [-0.05, 0) is 41.2 Å². The van der Waals surface area contributed by atoms with Crippen molar-refractivity contribution < 1.29 is 9.90 Å². The van der Waals surface area contributed by atoms with Crippen molar-refractivity contribution in [2.45, 2.75) is 33.1 Å². The topological polar surface area (TPSA) is 40.1 Å². The number of fused-ring (bicyclic) bond motifs is 2. The zero-order chi connectivity index (χ0) is 10.6. The molecule has 3 heteroatoms. The summed E-state index contributed by atoms with van der Waals surface area (Å²) in [4.78, 5) is 13.1. The van der Waals surface area contributed by atoms with Gasteiger partial charge in [0.2, 0.25) is 0 Å². The summed E-state index contributed by atoms with van der Waals surface area (Å²) in [6.07, 6.45) is 2.53. The molecule has 0 heterocycles. The van der Waals surface area contributed by atoms with Gasteiger partial charge in [0.25, 0.3) is 0 Å². The molecule has 2 aliphatic rings. The van der Waals surface area contributed by atoms with E-state index >= 15 is 0 Å². The molecule has 0 aromatic carbocycles. The number of hydrogen-bond acceptors (Lipinski definition) is 2. The van der Waals surface area contributed by atoms with Gasteiger partial charge in [-0.1, -0.05) is 29.8 Å². The number of aliphatic carboxylic acids is 1. The zero-order valence-corrected chi connectivity index (χ0v) is 10.1. The van der Waals surface area contributed by atoms with Gasteiger partial charge in [0.05, 0.1) is 5.97 Å². The molecule has 2 bridgehead atoms. The lowest BCUT2D eigenvalue weighted by molar-refractivity contribution is -0.316. The van der Waals surface area contributed by atoms with Crippen LogP contribution in [0.4, 0.5) is 0 Å². The van der Waals surface area contributed by atoms with Gasteiger partial charge >= 0.3 is 0 Å². The van der Waals surface area contributed by atoms with E-state index in [9.17, 15) is 9.90 Å². The van der Waals surface area contributed by atoms with Crippen LogP contribution in [0.25, 0.3) is 0 Å². The number of carboxylic acid groups (broad SMARTS) is 1. The van der Waals surface area contributed by atoms with Crippen LogP contribution in [-0.2, 0) is 4.79 Å². The van der Waals surface area contributed by atoms with Gasteiger partial charge in [0.1, 0.15) is 0 Å². The van der Waals surface area contributed by atoms with Crippen molar-refractivity contribution in [1.29, 1.82) is 0 Å². The first kappa shape index (κ1) is 10.2. The van der Waals surface area contributed by atoms with E-state index in [0.29, 0.717) is 5.92 Å². The van der Waals surface area contributed by atoms with Gasteiger partial charge in [0.15, 0.2) is 0 Å². The van der Waals surface area contributed by atoms with Crippen LogP contribution in [0.15, 0.2) is 10.6 Å². The Morgan fingerprint density at radius 2 is 2.29 bits per heavy atom. The van der Waals surface area contributed by atoms with E-state index < -0.39 is 11.4 Å². The summed E-state index contributed by atoms with van der Waals surface area (Å²) < 4.78 is 0. The molecule has 2 atom stereocenters. The SMILES string of the molecule is CC1(C)/C(=C\Br)[C@@]2(C(=O)[O-])CC[C@@H]1C2. The van der Waals surface area contributed by atoms with Crippen molar-refractivity contribution in [2.75, 3.05) is 0 Å². The highest BCUT2D eigenvalue weighted by molar-refractivity contribution is 9.11. The van der Waals surface area contributed by atoms with Crippen LogP contribution in [0.3, 0.4) is 0 Å². The standard InChI is InChI=1S/C11H15BrO2/c1-10(2)7-3-4-11(5-7,9(13)14)8(10)6-12/h6-7H,3-5H2,1-2H3,(H,13,14)/p-1/b8-6+/t7-,11-/m1/s1. The quantitative estimate of drug-likeness (QED) is 0.720. The molecule has 14 heavy (non-hydrogen) atoms. The molecule has 0 unspecified atom stereocenters. The minimum atomic E-state index is -0.892. The van der Waals surface area contributed by atoms with E-state index in [2.05, 4.69) is 29.8 Å². The zero-order valence-electron chi connectivity index (χ0n) is 8.47. The maximum absolute atomic E-state index is 11.3. The molecule has 0 saturated heterocycles. The predicted molar refractivity (Wildman–Crippen MR) is 55.6 cm³/mol. The monoisotopic (exact) mass is 257 g/mol. The summed E-state index contributed by atoms with van der Waals surface area (Å²) in [6, 6.07) is 0. The largest absolute Gasteiger partial charge is 0.549 e. The molecule has 0 radical (unpaired) electrons. The Morgan fingerprint density at radius 3 is 2.71 bits per heavy atom. The Balaban J connectivity index is 2.52. The molecule has 2 rings (SSSR count). The molecule has 2 saturated carbocycles. The highest BCUT2D eigenvalue weighted by Gasteiger charge is 2.58. The number of carbonyl (C=O) groups is 1. The first-order valence-electron chi connectivity index (χ1n) is 4.98. The van der Waals surface area contributed by atoms with Gasteiger partial charge < -0.3 is 9.90 Å². The average molecular weight is 258 g/mol. The first-order valence-corrected chi connectivity index (χ1v) is 5.89. The fourth-order valence-corrected chi connectivity index (χ4v) is 4.31. The summed E-state index contributed by atoms with van der Waals surface area (Å²) in [6.45, 7) is 4.27. The molecule has 2 nitrogen and oxygen atoms in total. The Bertz CT molecular complexity index is 319. The summed E-state index contributed by atoms with van der Waals surface area (Å²) in [5.74, 6) is -0.388. The van der Waals surface area contributed by atoms with E-state index in [4.69, 9.17) is 0 Å². The number of hydrogen-bond donors (Lipinski definition) is 0. The average Bonchev–Trinajstić information content (AvgIpc) is 2.58. The smallest absolute Gasteiger partial charge is 0.0517 e. The van der Waals surface area contributed by atoms with E-state index in [1.165, 1.54) is 0 Å². The van der Waals surface area contributed by atoms with Crippen LogP contribution in [0, 0.1) is 16.7 Å². The van der Waals surface area contributed by atoms with Crippen LogP contribution in [0.2, 0.25) is 0 Å². The van der Waals surface area contributed by atoms with Crippen molar-refractivity contribution in [3.8, 4) is 0 Å². The van der Waals surface area contributed by atoms with E-state index in [-0.39, 0.29) is 5.41 Å². The molecule has 0 spiro atoms. The van der Waals surface area contributed by atoms with E-state index in [1.807, 2.05) is 4.99 Å². The molecule has 0 aromatic rings. The number of carbonyl (C=O) groups excluding carboxylic acids is 1. The fourth-order valence-electron chi connectivity index (χ4n) is 3.28. The molecule has 78 valence electrons. The lowest BCUT2D eigenvalue weighted by Gasteiger charge is -2.38. The summed E-state index contributed by atoms with van der Waals surface area (Å²) in [5.41, 5.74) is 0.362. The molecule has 2 fully saturated rings. The molecule has 0 N–H and O–H groups in total. The fraction of sp³-hybridized carbons (Fsp3) is 0.727. The molecule has 0 aliphatic heterocycles. The molecular formula is C11H14BrO2-. The lowest BCUT2D eigenvalue weighted by atomic mass is 9.68. The molecule has 2 aliphatic carbocycles. The van der Waals surface area contributed by atoms with Crippen LogP contribution in [0.1, 0.15) is 33.1 Å². The van der Waals surface area contributed by atoms with Crippen molar-refractivity contribution in [2.24, 2.45) is 16.7 Å². The van der Waals surface area contributed by atoms with Crippen molar-refractivity contribution in [3.05, 3.63) is 10.6 Å². The maximum Gasteiger partial charge on any atom is 0.0517 e. The Kier molecular flexibility index (Phi) is 2.08. The third kappa shape index (κ3) is 0.992. The van der Waals surface area contributed by atoms with E-state index in [1.54, 1.807) is 0 Å².